The lowest BCUT2D eigenvalue weighted by molar-refractivity contribution is -0.387. The first-order chi connectivity index (χ1) is 13.3. The zero-order valence-corrected chi connectivity index (χ0v) is 16.9. The monoisotopic (exact) mass is 403 g/mol. The minimum atomic E-state index is -3.95. The van der Waals surface area contributed by atoms with Gasteiger partial charge in [-0.1, -0.05) is 37.8 Å². The van der Waals surface area contributed by atoms with Gasteiger partial charge in [-0.25, -0.2) is 13.1 Å². The number of benzene rings is 1. The Hall–Kier alpha value is -2.71. The summed E-state index contributed by atoms with van der Waals surface area (Å²) in [6.07, 6.45) is 8.50. The largest absolute Gasteiger partial charge is 0.347 e. The van der Waals surface area contributed by atoms with Crippen LogP contribution in [0.25, 0.3) is 12.2 Å². The summed E-state index contributed by atoms with van der Waals surface area (Å²) in [7, 11) is -3.95. The number of rotatable bonds is 10. The second-order valence-corrected chi connectivity index (χ2v) is 8.26. The molecule has 1 atom stereocenters. The predicted molar refractivity (Wildman–Crippen MR) is 111 cm³/mol. The van der Waals surface area contributed by atoms with Crippen molar-refractivity contribution < 1.29 is 13.3 Å². The van der Waals surface area contributed by atoms with Gasteiger partial charge in [-0.2, -0.15) is 0 Å². The van der Waals surface area contributed by atoms with E-state index < -0.39 is 20.6 Å². The summed E-state index contributed by atoms with van der Waals surface area (Å²) in [5, 5.41) is 11.1. The van der Waals surface area contributed by atoms with Crippen LogP contribution in [-0.4, -0.2) is 24.5 Å². The van der Waals surface area contributed by atoms with Gasteiger partial charge in [0.2, 0.25) is 10.0 Å². The van der Waals surface area contributed by atoms with Gasteiger partial charge in [0.15, 0.2) is 4.90 Å². The van der Waals surface area contributed by atoms with Crippen LogP contribution in [0, 0.1) is 16.0 Å². The first-order valence-corrected chi connectivity index (χ1v) is 10.5. The van der Waals surface area contributed by atoms with E-state index in [-0.39, 0.29) is 17.4 Å². The third-order valence-electron chi connectivity index (χ3n) is 4.42. The highest BCUT2D eigenvalue weighted by Gasteiger charge is 2.25. The number of hydrogen-bond acceptors (Lipinski definition) is 4. The summed E-state index contributed by atoms with van der Waals surface area (Å²) in [6.45, 7) is 8.63. The molecule has 7 nitrogen and oxygen atoms in total. The Kier molecular flexibility index (Phi) is 7.31. The average Bonchev–Trinajstić information content (AvgIpc) is 3.07. The molecule has 1 N–H and O–H groups in total. The fraction of sp³-hybridized carbons (Fsp3) is 0.300. The van der Waals surface area contributed by atoms with Crippen LogP contribution in [0.5, 0.6) is 0 Å². The van der Waals surface area contributed by atoms with E-state index in [9.17, 15) is 18.5 Å². The van der Waals surface area contributed by atoms with E-state index >= 15 is 0 Å². The van der Waals surface area contributed by atoms with Gasteiger partial charge < -0.3 is 4.57 Å². The highest BCUT2D eigenvalue weighted by atomic mass is 32.2. The second-order valence-electron chi connectivity index (χ2n) is 6.52. The Morgan fingerprint density at radius 1 is 1.32 bits per heavy atom. The van der Waals surface area contributed by atoms with Gasteiger partial charge in [0.05, 0.1) is 4.92 Å². The van der Waals surface area contributed by atoms with Crippen molar-refractivity contribution >= 4 is 27.9 Å². The van der Waals surface area contributed by atoms with Gasteiger partial charge >= 0.3 is 0 Å². The molecule has 0 bridgehead atoms. The number of allylic oxidation sites excluding steroid dienone is 1. The molecule has 0 saturated heterocycles. The zero-order chi connectivity index (χ0) is 20.7. The molecule has 2 aromatic rings. The van der Waals surface area contributed by atoms with E-state index in [4.69, 9.17) is 0 Å². The number of sulfonamides is 1. The zero-order valence-electron chi connectivity index (χ0n) is 16.0. The number of aromatic nitrogens is 1. The first-order valence-electron chi connectivity index (χ1n) is 8.97. The van der Waals surface area contributed by atoms with E-state index in [1.54, 1.807) is 6.08 Å². The van der Waals surface area contributed by atoms with Crippen LogP contribution in [0.2, 0.25) is 0 Å². The van der Waals surface area contributed by atoms with Crippen LogP contribution < -0.4 is 4.72 Å². The summed E-state index contributed by atoms with van der Waals surface area (Å²) in [6, 6.07) is 7.33. The quantitative estimate of drug-likeness (QED) is 0.478. The summed E-state index contributed by atoms with van der Waals surface area (Å²) in [4.78, 5) is 10.1. The lowest BCUT2D eigenvalue weighted by atomic mass is 10.1. The molecule has 0 saturated carbocycles. The highest BCUT2D eigenvalue weighted by molar-refractivity contribution is 7.89. The van der Waals surface area contributed by atoms with Crippen LogP contribution in [0.15, 0.2) is 54.1 Å². The third kappa shape index (κ3) is 5.17. The number of para-hydroxylation sites is 1. The molecule has 0 amide bonds. The van der Waals surface area contributed by atoms with Crippen molar-refractivity contribution in [3.8, 4) is 0 Å². The van der Waals surface area contributed by atoms with E-state index in [0.29, 0.717) is 0 Å². The Morgan fingerprint density at radius 2 is 2.04 bits per heavy atom. The molecular weight excluding hydrogens is 378 g/mol. The fourth-order valence-electron chi connectivity index (χ4n) is 2.85. The number of nitro groups is 1. The molecule has 0 aliphatic rings. The van der Waals surface area contributed by atoms with Crippen molar-refractivity contribution in [2.75, 3.05) is 6.54 Å². The van der Waals surface area contributed by atoms with Gasteiger partial charge in [0, 0.05) is 31.0 Å². The Balaban J connectivity index is 2.01. The third-order valence-corrected chi connectivity index (χ3v) is 5.89. The number of nitro benzene ring substituents is 1. The standard InChI is InChI=1S/C20H25N3O4S/c1-4-8-18-17(5-2)12-14-22(18)13-11-16(3)15-21-28(26,27)20-10-7-6-9-19(20)23(24)25/h4-10,12,14,16,21H,2,11,13,15H2,1,3H3. The van der Waals surface area contributed by atoms with Crippen molar-refractivity contribution in [1.82, 2.24) is 9.29 Å². The molecule has 0 radical (unpaired) electrons. The smallest absolute Gasteiger partial charge is 0.289 e. The minimum Gasteiger partial charge on any atom is -0.347 e. The fourth-order valence-corrected chi connectivity index (χ4v) is 4.18. The Bertz CT molecular complexity index is 977. The molecule has 2 rings (SSSR count). The molecule has 1 unspecified atom stereocenters. The van der Waals surface area contributed by atoms with Crippen LogP contribution >= 0.6 is 0 Å². The number of nitrogens with zero attached hydrogens (tertiary/aromatic N) is 2. The molecule has 1 aromatic carbocycles. The van der Waals surface area contributed by atoms with Gasteiger partial charge in [0.1, 0.15) is 0 Å². The second kappa shape index (κ2) is 9.48. The van der Waals surface area contributed by atoms with E-state index in [1.165, 1.54) is 24.3 Å². The van der Waals surface area contributed by atoms with E-state index in [0.717, 1.165) is 24.2 Å². The SMILES string of the molecule is C=Cc1ccn(CCC(C)CNS(=O)(=O)c2ccccc2[N+](=O)[O-])c1C=CC. The highest BCUT2D eigenvalue weighted by Crippen LogP contribution is 2.23. The summed E-state index contributed by atoms with van der Waals surface area (Å²) >= 11 is 0. The summed E-state index contributed by atoms with van der Waals surface area (Å²) < 4.78 is 29.5. The van der Waals surface area contributed by atoms with Crippen molar-refractivity contribution in [1.29, 1.82) is 0 Å². The molecule has 1 aromatic heterocycles. The van der Waals surface area contributed by atoms with E-state index in [2.05, 4.69) is 15.9 Å². The predicted octanol–water partition coefficient (Wildman–Crippen LogP) is 4.08. The van der Waals surface area contributed by atoms with Crippen LogP contribution in [-0.2, 0) is 16.6 Å². The first kappa shape index (κ1) is 21.6. The van der Waals surface area contributed by atoms with Crippen molar-refractivity contribution in [2.45, 2.75) is 31.7 Å². The normalized spacial score (nSPS) is 12.9. The number of aryl methyl sites for hydroxylation is 1. The average molecular weight is 404 g/mol. The topological polar surface area (TPSA) is 94.2 Å². The maximum atomic E-state index is 12.5. The molecule has 0 aliphatic heterocycles. The maximum Gasteiger partial charge on any atom is 0.289 e. The van der Waals surface area contributed by atoms with Gasteiger partial charge in [-0.3, -0.25) is 10.1 Å². The lowest BCUT2D eigenvalue weighted by Crippen LogP contribution is -2.29. The maximum absolute atomic E-state index is 12.5. The molecule has 0 fully saturated rings. The van der Waals surface area contributed by atoms with Gasteiger partial charge in [-0.15, -0.1) is 0 Å². The molecular formula is C20H25N3O4S. The summed E-state index contributed by atoms with van der Waals surface area (Å²) in [5.41, 5.74) is 1.68. The minimum absolute atomic E-state index is 0.0468. The van der Waals surface area contributed by atoms with Gasteiger partial charge in [0.25, 0.3) is 5.69 Å². The molecule has 150 valence electrons. The molecule has 0 spiro atoms. The molecule has 28 heavy (non-hydrogen) atoms. The molecule has 0 aliphatic carbocycles. The Morgan fingerprint density at radius 3 is 2.68 bits per heavy atom. The molecule has 1 heterocycles. The van der Waals surface area contributed by atoms with Crippen molar-refractivity contribution in [3.63, 3.8) is 0 Å². The Labute approximate surface area is 165 Å². The van der Waals surface area contributed by atoms with Gasteiger partial charge in [-0.05, 0) is 43.0 Å². The molecule has 8 heteroatoms. The van der Waals surface area contributed by atoms with Crippen molar-refractivity contribution in [3.05, 3.63) is 70.6 Å². The van der Waals surface area contributed by atoms with Crippen LogP contribution in [0.4, 0.5) is 5.69 Å². The van der Waals surface area contributed by atoms with E-state index in [1.807, 2.05) is 38.3 Å². The summed E-state index contributed by atoms with van der Waals surface area (Å²) in [5.74, 6) is 0.0468. The van der Waals surface area contributed by atoms with Crippen LogP contribution in [0.1, 0.15) is 31.5 Å². The number of hydrogen-bond donors (Lipinski definition) is 1. The van der Waals surface area contributed by atoms with Crippen molar-refractivity contribution in [2.24, 2.45) is 5.92 Å². The number of nitrogens with one attached hydrogen (secondary N) is 1. The van der Waals surface area contributed by atoms with Crippen LogP contribution in [0.3, 0.4) is 0 Å². The lowest BCUT2D eigenvalue weighted by Gasteiger charge is -2.15.